The van der Waals surface area contributed by atoms with Gasteiger partial charge in [-0.15, -0.1) is 0 Å². The third-order valence-electron chi connectivity index (χ3n) is 3.63. The molecule has 1 N–H and O–H groups in total. The smallest absolute Gasteiger partial charge is 0.347 e. The van der Waals surface area contributed by atoms with Crippen LogP contribution in [0.2, 0.25) is 5.02 Å². The summed E-state index contributed by atoms with van der Waals surface area (Å²) in [7, 11) is 0. The first kappa shape index (κ1) is 19.8. The lowest BCUT2D eigenvalue weighted by atomic mass is 10.2. The molecule has 0 aliphatic rings. The fraction of sp³-hybridized carbons (Fsp3) is 0.300. The summed E-state index contributed by atoms with van der Waals surface area (Å²) in [5.41, 5.74) is 0.999. The van der Waals surface area contributed by atoms with Crippen LogP contribution < -0.4 is 10.1 Å². The van der Waals surface area contributed by atoms with Crippen molar-refractivity contribution in [3.8, 4) is 5.75 Å². The molecule has 2 rings (SSSR count). The Hall–Kier alpha value is -2.53. The van der Waals surface area contributed by atoms with Gasteiger partial charge in [-0.05, 0) is 49.7 Å². The summed E-state index contributed by atoms with van der Waals surface area (Å²) >= 11 is 6.03. The van der Waals surface area contributed by atoms with Crippen molar-refractivity contribution in [1.82, 2.24) is 0 Å². The molecular weight excluding hydrogens is 354 g/mol. The second-order valence-corrected chi connectivity index (χ2v) is 6.15. The quantitative estimate of drug-likeness (QED) is 0.536. The first-order valence-electron chi connectivity index (χ1n) is 8.50. The number of nitrogens with one attached hydrogen (secondary N) is 1. The van der Waals surface area contributed by atoms with Crippen LogP contribution >= 0.6 is 11.6 Å². The molecule has 0 fully saturated rings. The monoisotopic (exact) mass is 375 g/mol. The summed E-state index contributed by atoms with van der Waals surface area (Å²) in [4.78, 5) is 24.1. The zero-order valence-corrected chi connectivity index (χ0v) is 15.6. The number of ether oxygens (including phenoxy) is 2. The Balaban J connectivity index is 1.92. The molecule has 0 aliphatic heterocycles. The average Bonchev–Trinajstić information content (AvgIpc) is 2.64. The number of benzene rings is 2. The Morgan fingerprint density at radius 3 is 2.46 bits per heavy atom. The summed E-state index contributed by atoms with van der Waals surface area (Å²) in [6.07, 6.45) is 1.07. The number of rotatable bonds is 8. The Labute approximate surface area is 158 Å². The van der Waals surface area contributed by atoms with Crippen LogP contribution in [0.5, 0.6) is 5.75 Å². The highest BCUT2D eigenvalue weighted by molar-refractivity contribution is 6.33. The fourth-order valence-corrected chi connectivity index (χ4v) is 2.31. The highest BCUT2D eigenvalue weighted by atomic mass is 35.5. The zero-order chi connectivity index (χ0) is 18.9. The van der Waals surface area contributed by atoms with Crippen molar-refractivity contribution < 1.29 is 19.1 Å². The molecule has 1 amide bonds. The van der Waals surface area contributed by atoms with Gasteiger partial charge in [0.25, 0.3) is 5.91 Å². The van der Waals surface area contributed by atoms with Crippen molar-refractivity contribution in [3.05, 3.63) is 59.1 Å². The van der Waals surface area contributed by atoms with Gasteiger partial charge in [0.1, 0.15) is 5.75 Å². The fourth-order valence-electron chi connectivity index (χ4n) is 2.13. The number of amides is 1. The molecule has 0 spiro atoms. The SMILES string of the molecule is CCCCOC(=O)C(C)Oc1ccc(C(=O)Nc2ccccc2Cl)cc1. The molecular formula is C20H22ClNO4. The maximum Gasteiger partial charge on any atom is 0.347 e. The normalized spacial score (nSPS) is 11.5. The predicted octanol–water partition coefficient (Wildman–Crippen LogP) is 4.70. The lowest BCUT2D eigenvalue weighted by Gasteiger charge is -2.14. The first-order valence-corrected chi connectivity index (χ1v) is 8.88. The number of hydrogen-bond donors (Lipinski definition) is 1. The number of anilines is 1. The van der Waals surface area contributed by atoms with E-state index in [1.54, 1.807) is 55.5 Å². The van der Waals surface area contributed by atoms with Crippen LogP contribution in [-0.2, 0) is 9.53 Å². The lowest BCUT2D eigenvalue weighted by Crippen LogP contribution is -2.26. The maximum atomic E-state index is 12.3. The Bertz CT molecular complexity index is 746. The topological polar surface area (TPSA) is 64.6 Å². The van der Waals surface area contributed by atoms with E-state index in [1.807, 2.05) is 6.92 Å². The number of carbonyl (C=O) groups is 2. The van der Waals surface area contributed by atoms with E-state index in [4.69, 9.17) is 21.1 Å². The number of hydrogen-bond acceptors (Lipinski definition) is 4. The molecule has 138 valence electrons. The molecule has 5 nitrogen and oxygen atoms in total. The zero-order valence-electron chi connectivity index (χ0n) is 14.8. The molecule has 1 atom stereocenters. The van der Waals surface area contributed by atoms with E-state index in [2.05, 4.69) is 5.32 Å². The Morgan fingerprint density at radius 1 is 1.12 bits per heavy atom. The van der Waals surface area contributed by atoms with Crippen LogP contribution in [0.1, 0.15) is 37.0 Å². The van der Waals surface area contributed by atoms with Crippen LogP contribution in [-0.4, -0.2) is 24.6 Å². The van der Waals surface area contributed by atoms with E-state index >= 15 is 0 Å². The minimum Gasteiger partial charge on any atom is -0.479 e. The van der Waals surface area contributed by atoms with Gasteiger partial charge in [-0.3, -0.25) is 4.79 Å². The van der Waals surface area contributed by atoms with E-state index < -0.39 is 12.1 Å². The molecule has 26 heavy (non-hydrogen) atoms. The average molecular weight is 376 g/mol. The molecule has 0 saturated carbocycles. The van der Waals surface area contributed by atoms with Gasteiger partial charge < -0.3 is 14.8 Å². The Kier molecular flexibility index (Phi) is 7.48. The summed E-state index contributed by atoms with van der Waals surface area (Å²) in [5.74, 6) is -0.199. The minimum atomic E-state index is -0.713. The second kappa shape index (κ2) is 9.82. The van der Waals surface area contributed by atoms with Gasteiger partial charge >= 0.3 is 5.97 Å². The molecule has 0 aromatic heterocycles. The van der Waals surface area contributed by atoms with Crippen LogP contribution in [0.15, 0.2) is 48.5 Å². The van der Waals surface area contributed by atoms with Crippen LogP contribution in [0.4, 0.5) is 5.69 Å². The number of esters is 1. The van der Waals surface area contributed by atoms with Gasteiger partial charge in [0.15, 0.2) is 6.10 Å². The molecule has 0 bridgehead atoms. The van der Waals surface area contributed by atoms with Crippen molar-refractivity contribution in [3.63, 3.8) is 0 Å². The molecule has 0 radical (unpaired) electrons. The summed E-state index contributed by atoms with van der Waals surface area (Å²) in [5, 5.41) is 3.22. The van der Waals surface area contributed by atoms with Gasteiger partial charge in [0, 0.05) is 5.56 Å². The van der Waals surface area contributed by atoms with Crippen molar-refractivity contribution in [1.29, 1.82) is 0 Å². The molecule has 0 saturated heterocycles. The third-order valence-corrected chi connectivity index (χ3v) is 3.96. The van der Waals surface area contributed by atoms with Gasteiger partial charge in [0.2, 0.25) is 0 Å². The summed E-state index contributed by atoms with van der Waals surface area (Å²) < 4.78 is 10.7. The van der Waals surface area contributed by atoms with Crippen LogP contribution in [0, 0.1) is 0 Å². The molecule has 2 aromatic carbocycles. The lowest BCUT2D eigenvalue weighted by molar-refractivity contribution is -0.151. The third kappa shape index (κ3) is 5.77. The van der Waals surface area contributed by atoms with E-state index in [0.29, 0.717) is 28.6 Å². The van der Waals surface area contributed by atoms with Gasteiger partial charge in [0.05, 0.1) is 17.3 Å². The minimum absolute atomic E-state index is 0.281. The molecule has 1 unspecified atom stereocenters. The number of halogens is 1. The highest BCUT2D eigenvalue weighted by Gasteiger charge is 2.16. The summed E-state index contributed by atoms with van der Waals surface area (Å²) in [6, 6.07) is 13.5. The first-order chi connectivity index (χ1) is 12.5. The highest BCUT2D eigenvalue weighted by Crippen LogP contribution is 2.22. The van der Waals surface area contributed by atoms with Gasteiger partial charge in [-0.2, -0.15) is 0 Å². The molecule has 2 aromatic rings. The standard InChI is InChI=1S/C20H22ClNO4/c1-3-4-13-25-20(24)14(2)26-16-11-9-15(10-12-16)19(23)22-18-8-6-5-7-17(18)21/h5-12,14H,3-4,13H2,1-2H3,(H,22,23). The van der Waals surface area contributed by atoms with Gasteiger partial charge in [-0.25, -0.2) is 4.79 Å². The van der Waals surface area contributed by atoms with E-state index in [-0.39, 0.29) is 5.91 Å². The van der Waals surface area contributed by atoms with Gasteiger partial charge in [-0.1, -0.05) is 37.1 Å². The van der Waals surface area contributed by atoms with E-state index in [0.717, 1.165) is 12.8 Å². The second-order valence-electron chi connectivity index (χ2n) is 5.74. The van der Waals surface area contributed by atoms with E-state index in [9.17, 15) is 9.59 Å². The van der Waals surface area contributed by atoms with Crippen molar-refractivity contribution in [2.24, 2.45) is 0 Å². The molecule has 6 heteroatoms. The van der Waals surface area contributed by atoms with E-state index in [1.165, 1.54) is 0 Å². The largest absolute Gasteiger partial charge is 0.479 e. The maximum absolute atomic E-state index is 12.3. The van der Waals surface area contributed by atoms with Crippen LogP contribution in [0.25, 0.3) is 0 Å². The van der Waals surface area contributed by atoms with Crippen molar-refractivity contribution in [2.75, 3.05) is 11.9 Å². The Morgan fingerprint density at radius 2 is 1.81 bits per heavy atom. The number of para-hydroxylation sites is 1. The van der Waals surface area contributed by atoms with Crippen molar-refractivity contribution in [2.45, 2.75) is 32.8 Å². The van der Waals surface area contributed by atoms with Crippen molar-refractivity contribution >= 4 is 29.2 Å². The predicted molar refractivity (Wildman–Crippen MR) is 102 cm³/mol. The molecule has 0 aliphatic carbocycles. The number of unbranched alkanes of at least 4 members (excludes halogenated alkanes) is 1. The molecule has 0 heterocycles. The van der Waals surface area contributed by atoms with Crippen LogP contribution in [0.3, 0.4) is 0 Å². The summed E-state index contributed by atoms with van der Waals surface area (Å²) in [6.45, 7) is 4.05. The number of carbonyl (C=O) groups excluding carboxylic acids is 2.